The Morgan fingerprint density at radius 1 is 1.22 bits per heavy atom. The van der Waals surface area contributed by atoms with E-state index in [1.165, 1.54) is 54.1 Å². The third-order valence-electron chi connectivity index (χ3n) is 7.43. The number of carbonyl (C=O) groups is 3. The summed E-state index contributed by atoms with van der Waals surface area (Å²) in [7, 11) is -4.49. The summed E-state index contributed by atoms with van der Waals surface area (Å²) >= 11 is 5.80. The van der Waals surface area contributed by atoms with Gasteiger partial charge in [-0.3, -0.25) is 23.5 Å². The molecule has 1 aliphatic rings. The topological polar surface area (TPSA) is 147 Å². The summed E-state index contributed by atoms with van der Waals surface area (Å²) in [6.07, 6.45) is -1.60. The maximum atomic E-state index is 14.5. The van der Waals surface area contributed by atoms with E-state index in [9.17, 15) is 37.7 Å². The molecule has 2 heterocycles. The van der Waals surface area contributed by atoms with Gasteiger partial charge in [0, 0.05) is 41.1 Å². The number of aliphatic hydroxyl groups is 1. The van der Waals surface area contributed by atoms with Crippen molar-refractivity contribution in [3.05, 3.63) is 64.6 Å². The van der Waals surface area contributed by atoms with Crippen molar-refractivity contribution >= 4 is 53.0 Å². The highest BCUT2D eigenvalue weighted by Gasteiger charge is 2.40. The predicted molar refractivity (Wildman–Crippen MR) is 162 cm³/mol. The van der Waals surface area contributed by atoms with Crippen LogP contribution in [0.15, 0.2) is 42.6 Å². The summed E-state index contributed by atoms with van der Waals surface area (Å²) in [5.74, 6) is -2.35. The zero-order valence-corrected chi connectivity index (χ0v) is 26.8. The van der Waals surface area contributed by atoms with Gasteiger partial charge in [0.15, 0.2) is 18.9 Å². The standard InChI is InChI=1S/C30H35ClF2N3O8P/c1-17(37)22-14-35(24-11-20(8-9-21(22)24)45(41,42)44-16-43-29(40)30(2,3)4)15-26(38)36-13-19(32)10-25(36)28(39)34-12-18-6-5-7-23(31)27(18)33/h5-9,11,14,19,25,29,40H,10,12-13,15-16H2,1-4H3,(H,34,39)(H,41,42). The molecule has 4 rings (SSSR count). The van der Waals surface area contributed by atoms with Gasteiger partial charge in [0.05, 0.1) is 22.4 Å². The summed E-state index contributed by atoms with van der Waals surface area (Å²) in [4.78, 5) is 50.5. The van der Waals surface area contributed by atoms with Gasteiger partial charge >= 0.3 is 7.60 Å². The zero-order chi connectivity index (χ0) is 33.3. The van der Waals surface area contributed by atoms with Crippen molar-refractivity contribution in [1.82, 2.24) is 14.8 Å². The minimum absolute atomic E-state index is 0.118. The lowest BCUT2D eigenvalue weighted by Crippen LogP contribution is -2.46. The molecule has 4 unspecified atom stereocenters. The van der Waals surface area contributed by atoms with Crippen LogP contribution in [0.2, 0.25) is 5.02 Å². The number of benzene rings is 2. The average molecular weight is 670 g/mol. The number of carbonyl (C=O) groups excluding carboxylic acids is 3. The Hall–Kier alpha value is -3.19. The number of Topliss-reactive ketones (excluding diaryl/α,β-unsaturated/α-hetero) is 1. The summed E-state index contributed by atoms with van der Waals surface area (Å²) in [6, 6.07) is 7.19. The Morgan fingerprint density at radius 3 is 2.60 bits per heavy atom. The summed E-state index contributed by atoms with van der Waals surface area (Å²) in [6.45, 7) is 4.75. The number of halogens is 3. The molecule has 1 saturated heterocycles. The van der Waals surface area contributed by atoms with E-state index in [0.29, 0.717) is 5.39 Å². The number of rotatable bonds is 11. The Balaban J connectivity index is 1.54. The van der Waals surface area contributed by atoms with Crippen molar-refractivity contribution < 1.29 is 47.0 Å². The Labute approximate surface area is 263 Å². The lowest BCUT2D eigenvalue weighted by atomic mass is 9.96. The molecule has 0 aliphatic carbocycles. The van der Waals surface area contributed by atoms with E-state index in [1.54, 1.807) is 20.8 Å². The van der Waals surface area contributed by atoms with Crippen LogP contribution in [0, 0.1) is 11.2 Å². The second-order valence-corrected chi connectivity index (χ2v) is 14.1. The van der Waals surface area contributed by atoms with E-state index in [0.717, 1.165) is 4.90 Å². The first kappa shape index (κ1) is 34.7. The highest BCUT2D eigenvalue weighted by Crippen LogP contribution is 2.42. The number of aliphatic hydroxyl groups excluding tert-OH is 1. The number of amides is 2. The molecule has 1 aromatic heterocycles. The van der Waals surface area contributed by atoms with Crippen molar-refractivity contribution in [2.24, 2.45) is 5.41 Å². The van der Waals surface area contributed by atoms with Gasteiger partial charge in [-0.05, 0) is 25.1 Å². The molecular weight excluding hydrogens is 635 g/mol. The van der Waals surface area contributed by atoms with Gasteiger partial charge in [-0.15, -0.1) is 0 Å². The molecule has 1 fully saturated rings. The van der Waals surface area contributed by atoms with Gasteiger partial charge < -0.3 is 29.5 Å². The van der Waals surface area contributed by atoms with Crippen LogP contribution < -0.4 is 10.6 Å². The number of ether oxygens (including phenoxy) is 1. The second kappa shape index (κ2) is 13.7. The van der Waals surface area contributed by atoms with Crippen LogP contribution in [0.3, 0.4) is 0 Å². The quantitative estimate of drug-likeness (QED) is 0.157. The number of nitrogens with zero attached hydrogens (tertiary/aromatic N) is 2. The summed E-state index contributed by atoms with van der Waals surface area (Å²) < 4.78 is 53.4. The van der Waals surface area contributed by atoms with Crippen LogP contribution in [0.4, 0.5) is 8.78 Å². The normalized spacial score (nSPS) is 19.0. The number of fused-ring (bicyclic) bond motifs is 1. The Morgan fingerprint density at radius 2 is 1.93 bits per heavy atom. The van der Waals surface area contributed by atoms with Crippen molar-refractivity contribution in [2.75, 3.05) is 13.3 Å². The number of hydrogen-bond donors (Lipinski definition) is 3. The van der Waals surface area contributed by atoms with Crippen LogP contribution in [0.25, 0.3) is 10.9 Å². The van der Waals surface area contributed by atoms with E-state index < -0.39 is 62.5 Å². The van der Waals surface area contributed by atoms with Crippen LogP contribution in [-0.4, -0.2) is 68.9 Å². The smallest absolute Gasteiger partial charge is 0.360 e. The maximum absolute atomic E-state index is 14.5. The Kier molecular flexibility index (Phi) is 10.5. The highest BCUT2D eigenvalue weighted by atomic mass is 35.5. The molecule has 3 N–H and O–H groups in total. The first-order chi connectivity index (χ1) is 21.0. The molecule has 0 spiro atoms. The van der Waals surface area contributed by atoms with Crippen molar-refractivity contribution in [3.63, 3.8) is 0 Å². The van der Waals surface area contributed by atoms with Gasteiger partial charge in [0.25, 0.3) is 0 Å². The first-order valence-corrected chi connectivity index (χ1v) is 16.0. The maximum Gasteiger partial charge on any atom is 0.360 e. The molecule has 244 valence electrons. The molecule has 3 aromatic rings. The second-order valence-electron chi connectivity index (χ2n) is 11.9. The number of aromatic nitrogens is 1. The molecule has 15 heteroatoms. The van der Waals surface area contributed by atoms with E-state index >= 15 is 0 Å². The van der Waals surface area contributed by atoms with Crippen molar-refractivity contribution in [2.45, 2.75) is 65.7 Å². The van der Waals surface area contributed by atoms with Crippen LogP contribution in [0.1, 0.15) is 50.0 Å². The highest BCUT2D eigenvalue weighted by molar-refractivity contribution is 7.61. The molecule has 11 nitrogen and oxygen atoms in total. The molecule has 4 atom stereocenters. The molecule has 2 amide bonds. The number of nitrogens with one attached hydrogen (secondary N) is 1. The fourth-order valence-corrected chi connectivity index (χ4v) is 5.98. The first-order valence-electron chi connectivity index (χ1n) is 14.0. The van der Waals surface area contributed by atoms with E-state index in [-0.39, 0.29) is 52.3 Å². The number of alkyl halides is 1. The summed E-state index contributed by atoms with van der Waals surface area (Å²) in [5, 5.41) is 12.7. The van der Waals surface area contributed by atoms with E-state index in [2.05, 4.69) is 5.32 Å². The van der Waals surface area contributed by atoms with Gasteiger partial charge in [-0.1, -0.05) is 50.6 Å². The van der Waals surface area contributed by atoms with Gasteiger partial charge in [0.2, 0.25) is 11.8 Å². The van der Waals surface area contributed by atoms with E-state index in [4.69, 9.17) is 20.9 Å². The lowest BCUT2D eigenvalue weighted by molar-refractivity contribution is -0.191. The van der Waals surface area contributed by atoms with Crippen molar-refractivity contribution in [1.29, 1.82) is 0 Å². The van der Waals surface area contributed by atoms with Crippen molar-refractivity contribution in [3.8, 4) is 0 Å². The third-order valence-corrected chi connectivity index (χ3v) is 9.11. The third kappa shape index (κ3) is 7.97. The number of hydrogen-bond acceptors (Lipinski definition) is 7. The van der Waals surface area contributed by atoms with Gasteiger partial charge in [-0.25, -0.2) is 8.78 Å². The number of likely N-dealkylation sites (tertiary alicyclic amines) is 1. The zero-order valence-electron chi connectivity index (χ0n) is 25.1. The lowest BCUT2D eigenvalue weighted by Gasteiger charge is -2.25. The summed E-state index contributed by atoms with van der Waals surface area (Å²) in [5.41, 5.74) is -0.0639. The SMILES string of the molecule is CC(=O)c1cn(CC(=O)N2CC(F)CC2C(=O)NCc2cccc(Cl)c2F)c2cc(P(=O)(O)OCOC(O)C(C)(C)C)ccc12. The molecule has 0 radical (unpaired) electrons. The fourth-order valence-electron chi connectivity index (χ4n) is 4.89. The molecule has 0 saturated carbocycles. The average Bonchev–Trinajstić information content (AvgIpc) is 3.53. The van der Waals surface area contributed by atoms with Crippen LogP contribution in [-0.2, 0) is 36.5 Å². The molecule has 45 heavy (non-hydrogen) atoms. The molecular formula is C30H35ClF2N3O8P. The van der Waals surface area contributed by atoms with Gasteiger partial charge in [0.1, 0.15) is 24.6 Å². The largest absolute Gasteiger partial charge is 0.367 e. The molecule has 2 aromatic carbocycles. The fraction of sp³-hybridized carbons (Fsp3) is 0.433. The minimum Gasteiger partial charge on any atom is -0.367 e. The van der Waals surface area contributed by atoms with Crippen LogP contribution >= 0.6 is 19.2 Å². The van der Waals surface area contributed by atoms with Gasteiger partial charge in [-0.2, -0.15) is 0 Å². The molecule has 1 aliphatic heterocycles. The minimum atomic E-state index is -4.49. The predicted octanol–water partition coefficient (Wildman–Crippen LogP) is 4.06. The monoisotopic (exact) mass is 669 g/mol. The van der Waals surface area contributed by atoms with E-state index in [1.807, 2.05) is 0 Å². The number of ketones is 1. The van der Waals surface area contributed by atoms with Crippen LogP contribution in [0.5, 0.6) is 0 Å². The Bertz CT molecular complexity index is 1660. The molecule has 0 bridgehead atoms.